The lowest BCUT2D eigenvalue weighted by atomic mass is 9.75. The quantitative estimate of drug-likeness (QED) is 0.346. The molecule has 1 aromatic rings. The number of rotatable bonds is 7. The zero-order chi connectivity index (χ0) is 24.1. The fourth-order valence-corrected chi connectivity index (χ4v) is 4.08. The molecular weight excluding hydrogens is 403 g/mol. The van der Waals surface area contributed by atoms with E-state index < -0.39 is 0 Å². The minimum absolute atomic E-state index is 0.0406. The van der Waals surface area contributed by atoms with E-state index in [2.05, 4.69) is 31.2 Å². The van der Waals surface area contributed by atoms with E-state index >= 15 is 0 Å². The smallest absolute Gasteiger partial charge is 0.127 e. The van der Waals surface area contributed by atoms with Crippen LogP contribution in [0.25, 0.3) is 5.57 Å². The predicted molar refractivity (Wildman–Crippen MR) is 133 cm³/mol. The van der Waals surface area contributed by atoms with Gasteiger partial charge in [0, 0.05) is 18.6 Å². The van der Waals surface area contributed by atoms with Crippen molar-refractivity contribution in [1.29, 1.82) is 0 Å². The Morgan fingerprint density at radius 3 is 2.22 bits per heavy atom. The molecule has 2 aliphatic carbocycles. The molecule has 2 aliphatic rings. The molecule has 2 saturated carbocycles. The van der Waals surface area contributed by atoms with Crippen LogP contribution in [0.2, 0.25) is 0 Å². The number of aliphatic hydroxyl groups is 1. The number of halogens is 1. The molecule has 0 aromatic heterocycles. The molecule has 0 bridgehead atoms. The summed E-state index contributed by atoms with van der Waals surface area (Å²) in [6.07, 6.45) is 12.5. The van der Waals surface area contributed by atoms with Gasteiger partial charge in [-0.15, -0.1) is 0 Å². The predicted octanol–water partition coefficient (Wildman–Crippen LogP) is 7.60. The van der Waals surface area contributed by atoms with Gasteiger partial charge in [-0.05, 0) is 94.9 Å². The highest BCUT2D eigenvalue weighted by atomic mass is 19.1. The topological polar surface area (TPSA) is 46.5 Å². The lowest BCUT2D eigenvalue weighted by molar-refractivity contribution is -0.110. The molecule has 0 heterocycles. The van der Waals surface area contributed by atoms with Crippen LogP contribution in [-0.4, -0.2) is 24.6 Å². The van der Waals surface area contributed by atoms with Crippen LogP contribution in [0, 0.1) is 18.8 Å². The van der Waals surface area contributed by atoms with Gasteiger partial charge < -0.3 is 14.6 Å². The van der Waals surface area contributed by atoms with Crippen molar-refractivity contribution < 1.29 is 19.0 Å². The van der Waals surface area contributed by atoms with Gasteiger partial charge in [-0.1, -0.05) is 38.0 Å². The first-order valence-corrected chi connectivity index (χ1v) is 12.1. The molecule has 0 radical (unpaired) electrons. The first kappa shape index (κ1) is 28.1. The number of ether oxygens (including phenoxy) is 1. The minimum Gasteiger partial charge on any atom is -0.490 e. The fourth-order valence-electron chi connectivity index (χ4n) is 4.08. The molecule has 32 heavy (non-hydrogen) atoms. The van der Waals surface area contributed by atoms with Crippen LogP contribution in [-0.2, 0) is 4.79 Å². The molecule has 2 fully saturated rings. The molecule has 1 aromatic carbocycles. The zero-order valence-electron chi connectivity index (χ0n) is 20.9. The summed E-state index contributed by atoms with van der Waals surface area (Å²) in [5, 5.41) is 7.00. The van der Waals surface area contributed by atoms with E-state index in [9.17, 15) is 9.18 Å². The summed E-state index contributed by atoms with van der Waals surface area (Å²) in [5.74, 6) is 1.49. The van der Waals surface area contributed by atoms with Gasteiger partial charge in [0.05, 0.1) is 6.10 Å². The molecular formula is C28H43FO3. The number of benzene rings is 1. The monoisotopic (exact) mass is 446 g/mol. The van der Waals surface area contributed by atoms with Crippen molar-refractivity contribution in [3.05, 3.63) is 46.8 Å². The average molecular weight is 447 g/mol. The molecule has 0 aliphatic heterocycles. The van der Waals surface area contributed by atoms with E-state index in [1.807, 2.05) is 20.8 Å². The Hall–Kier alpha value is -1.94. The Morgan fingerprint density at radius 2 is 1.81 bits per heavy atom. The Labute approximate surface area is 194 Å². The van der Waals surface area contributed by atoms with Crippen LogP contribution in [0.3, 0.4) is 0 Å². The van der Waals surface area contributed by atoms with Crippen LogP contribution in [0.15, 0.2) is 35.7 Å². The Morgan fingerprint density at radius 1 is 1.19 bits per heavy atom. The van der Waals surface area contributed by atoms with E-state index in [0.29, 0.717) is 12.0 Å². The lowest BCUT2D eigenvalue weighted by Gasteiger charge is -2.31. The Bertz CT molecular complexity index is 752. The Balaban J connectivity index is 0.000000556. The number of aliphatic hydroxyl groups excluding tert-OH is 1. The standard InChI is InChI=1S/C22H29FO.C5H10O.CH4O/c1-4-19(22(16(3)23)17-8-7-9-17)20-14-15(2)12-13-21(20)24-18-10-5-6-11-18;1-3-5(2)4-6;1-2/h4,12-14,17-18H,5-11H2,1-3H3;4-5H,3H2,1-2H3;2H,1H3/b19-4-,22-16+;;. The molecule has 0 amide bonds. The van der Waals surface area contributed by atoms with Crippen LogP contribution in [0.4, 0.5) is 4.39 Å². The van der Waals surface area contributed by atoms with Crippen molar-refractivity contribution in [3.8, 4) is 5.75 Å². The van der Waals surface area contributed by atoms with Crippen LogP contribution in [0.5, 0.6) is 5.75 Å². The maximum Gasteiger partial charge on any atom is 0.127 e. The number of carbonyl (C=O) groups excluding carboxylic acids is 1. The Kier molecular flexibility index (Phi) is 13.2. The van der Waals surface area contributed by atoms with Crippen molar-refractivity contribution >= 4 is 11.9 Å². The van der Waals surface area contributed by atoms with Crippen molar-refractivity contribution in [3.63, 3.8) is 0 Å². The normalized spacial score (nSPS) is 18.3. The summed E-state index contributed by atoms with van der Waals surface area (Å²) < 4.78 is 20.7. The summed E-state index contributed by atoms with van der Waals surface area (Å²) in [6, 6.07) is 6.32. The fraction of sp³-hybridized carbons (Fsp3) is 0.607. The second kappa shape index (κ2) is 15.0. The van der Waals surface area contributed by atoms with Gasteiger partial charge in [0.2, 0.25) is 0 Å². The molecule has 180 valence electrons. The van der Waals surface area contributed by atoms with Gasteiger partial charge in [-0.3, -0.25) is 0 Å². The van der Waals surface area contributed by atoms with Crippen LogP contribution >= 0.6 is 0 Å². The summed E-state index contributed by atoms with van der Waals surface area (Å²) >= 11 is 0. The van der Waals surface area contributed by atoms with Crippen molar-refractivity contribution in [2.75, 3.05) is 7.11 Å². The van der Waals surface area contributed by atoms with Crippen molar-refractivity contribution in [2.24, 2.45) is 11.8 Å². The van der Waals surface area contributed by atoms with Gasteiger partial charge in [-0.25, -0.2) is 4.39 Å². The third kappa shape index (κ3) is 8.20. The second-order valence-electron chi connectivity index (χ2n) is 8.82. The number of carbonyl (C=O) groups is 1. The van der Waals surface area contributed by atoms with Gasteiger partial charge in [0.1, 0.15) is 17.9 Å². The number of hydrogen-bond acceptors (Lipinski definition) is 3. The van der Waals surface area contributed by atoms with Crippen LogP contribution in [0.1, 0.15) is 90.2 Å². The van der Waals surface area contributed by atoms with Gasteiger partial charge >= 0.3 is 0 Å². The van der Waals surface area contributed by atoms with E-state index in [-0.39, 0.29) is 11.7 Å². The van der Waals surface area contributed by atoms with E-state index in [0.717, 1.165) is 68.0 Å². The van der Waals surface area contributed by atoms with E-state index in [1.54, 1.807) is 6.92 Å². The SMILES string of the molecule is C/C=C(\C(=C(/C)F)C1CCC1)c1cc(C)ccc1OC1CCCC1.CCC(C)C=O.CO. The van der Waals surface area contributed by atoms with E-state index in [1.165, 1.54) is 24.8 Å². The zero-order valence-corrected chi connectivity index (χ0v) is 20.9. The number of allylic oxidation sites excluding steroid dienone is 4. The highest BCUT2D eigenvalue weighted by Gasteiger charge is 2.28. The van der Waals surface area contributed by atoms with Gasteiger partial charge in [0.25, 0.3) is 0 Å². The largest absolute Gasteiger partial charge is 0.490 e. The summed E-state index contributed by atoms with van der Waals surface area (Å²) in [7, 11) is 1.00. The first-order valence-electron chi connectivity index (χ1n) is 12.1. The minimum atomic E-state index is -0.0406. The summed E-state index contributed by atoms with van der Waals surface area (Å²) in [4.78, 5) is 9.74. The van der Waals surface area contributed by atoms with Crippen molar-refractivity contribution in [2.45, 2.75) is 92.1 Å². The molecule has 3 rings (SSSR count). The highest BCUT2D eigenvalue weighted by molar-refractivity contribution is 5.83. The summed E-state index contributed by atoms with van der Waals surface area (Å²) in [6.45, 7) is 9.61. The van der Waals surface area contributed by atoms with Gasteiger partial charge in [0.15, 0.2) is 0 Å². The van der Waals surface area contributed by atoms with Crippen LogP contribution < -0.4 is 4.74 Å². The molecule has 4 heteroatoms. The third-order valence-electron chi connectivity index (χ3n) is 6.36. The number of aryl methyl sites for hydroxylation is 1. The molecule has 1 atom stereocenters. The van der Waals surface area contributed by atoms with Crippen molar-refractivity contribution in [1.82, 2.24) is 0 Å². The maximum atomic E-state index is 14.4. The number of hydrogen-bond donors (Lipinski definition) is 1. The lowest BCUT2D eigenvalue weighted by Crippen LogP contribution is -2.17. The first-order chi connectivity index (χ1) is 15.4. The number of aldehydes is 1. The molecule has 1 unspecified atom stereocenters. The molecule has 3 nitrogen and oxygen atoms in total. The summed E-state index contributed by atoms with van der Waals surface area (Å²) in [5.41, 5.74) is 4.16. The molecule has 0 spiro atoms. The third-order valence-corrected chi connectivity index (χ3v) is 6.36. The average Bonchev–Trinajstić information content (AvgIpc) is 3.28. The molecule has 1 N–H and O–H groups in total. The maximum absolute atomic E-state index is 14.4. The molecule has 0 saturated heterocycles. The van der Waals surface area contributed by atoms with E-state index in [4.69, 9.17) is 9.84 Å². The highest BCUT2D eigenvalue weighted by Crippen LogP contribution is 2.44. The van der Waals surface area contributed by atoms with Gasteiger partial charge in [-0.2, -0.15) is 0 Å². The second-order valence-corrected chi connectivity index (χ2v) is 8.82.